The number of aromatic nitrogens is 3. The minimum atomic E-state index is -0.327. The van der Waals surface area contributed by atoms with Crippen molar-refractivity contribution >= 4 is 29.2 Å². The molecule has 0 saturated carbocycles. The van der Waals surface area contributed by atoms with E-state index in [9.17, 15) is 4.79 Å². The lowest BCUT2D eigenvalue weighted by atomic mass is 10.1. The summed E-state index contributed by atoms with van der Waals surface area (Å²) in [6.45, 7) is 3.31. The fourth-order valence-corrected chi connectivity index (χ4v) is 2.77. The molecule has 1 aromatic heterocycles. The van der Waals surface area contributed by atoms with Crippen molar-refractivity contribution in [2.24, 2.45) is 0 Å². The Labute approximate surface area is 150 Å². The number of hydrogen-bond donors (Lipinski definition) is 3. The molecule has 8 nitrogen and oxygen atoms in total. The average molecular weight is 350 g/mol. The Hall–Kier alpha value is -3.55. The standard InChI is InChI=1S/C18H18N6O2/c1-11-3-2-4-12(9-11)16(25)24-17(19)22-18(23-24)21-13-5-6-15-14(10-13)20-7-8-26-15/h2-6,9-10,20H,7-8H2,1H3,(H3,19,21,22,23). The summed E-state index contributed by atoms with van der Waals surface area (Å²) >= 11 is 0. The van der Waals surface area contributed by atoms with Crippen molar-refractivity contribution in [3.8, 4) is 5.75 Å². The highest BCUT2D eigenvalue weighted by Crippen LogP contribution is 2.31. The van der Waals surface area contributed by atoms with Gasteiger partial charge in [0.25, 0.3) is 5.91 Å². The molecule has 0 fully saturated rings. The zero-order valence-electron chi connectivity index (χ0n) is 14.2. The Bertz CT molecular complexity index is 982. The van der Waals surface area contributed by atoms with Gasteiger partial charge in [0.15, 0.2) is 0 Å². The van der Waals surface area contributed by atoms with Crippen molar-refractivity contribution in [3.05, 3.63) is 53.6 Å². The number of nitrogens with zero attached hydrogens (tertiary/aromatic N) is 3. The fraction of sp³-hybridized carbons (Fsp3) is 0.167. The van der Waals surface area contributed by atoms with Crippen LogP contribution in [0.1, 0.15) is 15.9 Å². The molecule has 0 spiro atoms. The van der Waals surface area contributed by atoms with Gasteiger partial charge >= 0.3 is 0 Å². The summed E-state index contributed by atoms with van der Waals surface area (Å²) in [5.41, 5.74) is 9.02. The number of nitrogen functional groups attached to an aromatic ring is 1. The van der Waals surface area contributed by atoms with E-state index in [2.05, 4.69) is 20.7 Å². The number of fused-ring (bicyclic) bond motifs is 1. The molecule has 2 heterocycles. The summed E-state index contributed by atoms with van der Waals surface area (Å²) < 4.78 is 6.65. The highest BCUT2D eigenvalue weighted by molar-refractivity contribution is 5.97. The van der Waals surface area contributed by atoms with Gasteiger partial charge in [-0.15, -0.1) is 5.10 Å². The van der Waals surface area contributed by atoms with Crippen LogP contribution in [-0.2, 0) is 0 Å². The Balaban J connectivity index is 1.58. The quantitative estimate of drug-likeness (QED) is 0.666. The van der Waals surface area contributed by atoms with Crippen LogP contribution in [0.5, 0.6) is 5.75 Å². The third-order valence-corrected chi connectivity index (χ3v) is 4.00. The van der Waals surface area contributed by atoms with Crippen molar-refractivity contribution in [2.75, 3.05) is 29.5 Å². The lowest BCUT2D eigenvalue weighted by molar-refractivity contribution is 0.0948. The molecule has 0 aliphatic carbocycles. The number of hydrogen-bond acceptors (Lipinski definition) is 7. The van der Waals surface area contributed by atoms with Crippen molar-refractivity contribution < 1.29 is 9.53 Å². The van der Waals surface area contributed by atoms with E-state index < -0.39 is 0 Å². The molecule has 0 bridgehead atoms. The molecule has 3 aromatic rings. The van der Waals surface area contributed by atoms with Crippen LogP contribution in [-0.4, -0.2) is 33.8 Å². The first-order valence-electron chi connectivity index (χ1n) is 8.22. The van der Waals surface area contributed by atoms with E-state index in [4.69, 9.17) is 10.5 Å². The van der Waals surface area contributed by atoms with Crippen LogP contribution in [0.25, 0.3) is 0 Å². The number of benzene rings is 2. The van der Waals surface area contributed by atoms with E-state index in [1.54, 1.807) is 12.1 Å². The van der Waals surface area contributed by atoms with E-state index in [0.29, 0.717) is 12.2 Å². The Morgan fingerprint density at radius 2 is 2.19 bits per heavy atom. The number of anilines is 4. The maximum absolute atomic E-state index is 12.6. The Kier molecular flexibility index (Phi) is 3.92. The number of nitrogens with one attached hydrogen (secondary N) is 2. The second kappa shape index (κ2) is 6.40. The molecule has 4 rings (SSSR count). The molecule has 0 saturated heterocycles. The number of carbonyl (C=O) groups is 1. The van der Waals surface area contributed by atoms with Gasteiger partial charge in [-0.05, 0) is 37.3 Å². The Morgan fingerprint density at radius 3 is 3.04 bits per heavy atom. The highest BCUT2D eigenvalue weighted by Gasteiger charge is 2.17. The zero-order chi connectivity index (χ0) is 18.1. The van der Waals surface area contributed by atoms with Crippen LogP contribution in [0.2, 0.25) is 0 Å². The summed E-state index contributed by atoms with van der Waals surface area (Å²) in [5.74, 6) is 0.750. The summed E-state index contributed by atoms with van der Waals surface area (Å²) in [6.07, 6.45) is 0. The van der Waals surface area contributed by atoms with Crippen molar-refractivity contribution in [3.63, 3.8) is 0 Å². The molecular formula is C18H18N6O2. The fourth-order valence-electron chi connectivity index (χ4n) is 2.77. The molecule has 0 unspecified atom stereocenters. The van der Waals surface area contributed by atoms with Gasteiger partial charge in [-0.3, -0.25) is 4.79 Å². The predicted octanol–water partition coefficient (Wildman–Crippen LogP) is 2.41. The van der Waals surface area contributed by atoms with E-state index in [0.717, 1.165) is 33.9 Å². The molecule has 0 radical (unpaired) electrons. The average Bonchev–Trinajstić information content (AvgIpc) is 3.01. The van der Waals surface area contributed by atoms with Crippen molar-refractivity contribution in [2.45, 2.75) is 6.92 Å². The highest BCUT2D eigenvalue weighted by atomic mass is 16.5. The monoisotopic (exact) mass is 350 g/mol. The molecule has 1 aliphatic heterocycles. The van der Waals surface area contributed by atoms with Crippen LogP contribution in [0.4, 0.5) is 23.3 Å². The van der Waals surface area contributed by atoms with Gasteiger partial charge < -0.3 is 21.1 Å². The van der Waals surface area contributed by atoms with Crippen LogP contribution in [0.15, 0.2) is 42.5 Å². The molecule has 4 N–H and O–H groups in total. The summed E-state index contributed by atoms with van der Waals surface area (Å²) in [6, 6.07) is 12.9. The normalized spacial score (nSPS) is 12.7. The predicted molar refractivity (Wildman–Crippen MR) is 99.1 cm³/mol. The molecule has 8 heteroatoms. The smallest absolute Gasteiger partial charge is 0.281 e. The summed E-state index contributed by atoms with van der Waals surface area (Å²) in [7, 11) is 0. The maximum Gasteiger partial charge on any atom is 0.281 e. The first kappa shape index (κ1) is 15.9. The number of aryl methyl sites for hydroxylation is 1. The van der Waals surface area contributed by atoms with Gasteiger partial charge in [0.05, 0.1) is 5.69 Å². The number of nitrogens with two attached hydrogens (primary N) is 1. The lowest BCUT2D eigenvalue weighted by Crippen LogP contribution is -2.18. The largest absolute Gasteiger partial charge is 0.490 e. The molecule has 1 aliphatic rings. The summed E-state index contributed by atoms with van der Waals surface area (Å²) in [5, 5.41) is 10.5. The van der Waals surface area contributed by atoms with E-state index in [1.165, 1.54) is 0 Å². The minimum absolute atomic E-state index is 0.0263. The Morgan fingerprint density at radius 1 is 1.31 bits per heavy atom. The molecule has 0 atom stereocenters. The first-order valence-corrected chi connectivity index (χ1v) is 8.22. The first-order chi connectivity index (χ1) is 12.6. The second-order valence-corrected chi connectivity index (χ2v) is 5.99. The van der Waals surface area contributed by atoms with Gasteiger partial charge in [-0.2, -0.15) is 9.67 Å². The number of ether oxygens (including phenoxy) is 1. The number of carbonyl (C=O) groups excluding carboxylic acids is 1. The third kappa shape index (κ3) is 3.04. The van der Waals surface area contributed by atoms with E-state index >= 15 is 0 Å². The van der Waals surface area contributed by atoms with Crippen LogP contribution in [0, 0.1) is 6.92 Å². The van der Waals surface area contributed by atoms with Gasteiger partial charge in [0.1, 0.15) is 12.4 Å². The minimum Gasteiger partial charge on any atom is -0.490 e. The van der Waals surface area contributed by atoms with Gasteiger partial charge in [-0.1, -0.05) is 17.7 Å². The van der Waals surface area contributed by atoms with E-state index in [-0.39, 0.29) is 17.8 Å². The third-order valence-electron chi connectivity index (χ3n) is 4.00. The maximum atomic E-state index is 12.6. The molecule has 26 heavy (non-hydrogen) atoms. The van der Waals surface area contributed by atoms with Gasteiger partial charge in [0.2, 0.25) is 11.9 Å². The van der Waals surface area contributed by atoms with Crippen LogP contribution in [0.3, 0.4) is 0 Å². The van der Waals surface area contributed by atoms with Gasteiger partial charge in [0, 0.05) is 17.8 Å². The second-order valence-electron chi connectivity index (χ2n) is 5.99. The topological polar surface area (TPSA) is 107 Å². The lowest BCUT2D eigenvalue weighted by Gasteiger charge is -2.19. The molecular weight excluding hydrogens is 332 g/mol. The summed E-state index contributed by atoms with van der Waals surface area (Å²) in [4.78, 5) is 16.7. The SMILES string of the molecule is Cc1cccc(C(=O)n2nc(Nc3ccc4c(c3)NCCO4)nc2N)c1. The molecule has 132 valence electrons. The van der Waals surface area contributed by atoms with Crippen LogP contribution < -0.4 is 21.1 Å². The van der Waals surface area contributed by atoms with E-state index in [1.807, 2.05) is 37.3 Å². The van der Waals surface area contributed by atoms with Crippen LogP contribution >= 0.6 is 0 Å². The zero-order valence-corrected chi connectivity index (χ0v) is 14.2. The van der Waals surface area contributed by atoms with Crippen molar-refractivity contribution in [1.29, 1.82) is 0 Å². The molecule has 2 aromatic carbocycles. The van der Waals surface area contributed by atoms with Crippen molar-refractivity contribution in [1.82, 2.24) is 14.8 Å². The van der Waals surface area contributed by atoms with Gasteiger partial charge in [-0.25, -0.2) is 0 Å². The molecule has 0 amide bonds. The number of rotatable bonds is 3.